The van der Waals surface area contributed by atoms with E-state index in [4.69, 9.17) is 4.74 Å². The molecule has 2 N–H and O–H groups in total. The minimum Gasteiger partial charge on any atom is -0.396 e. The van der Waals surface area contributed by atoms with Gasteiger partial charge in [-0.3, -0.25) is 14.6 Å². The Morgan fingerprint density at radius 1 is 1.31 bits per heavy atom. The molecule has 0 aliphatic carbocycles. The third kappa shape index (κ3) is 2.10. The summed E-state index contributed by atoms with van der Waals surface area (Å²) >= 11 is 0. The van der Waals surface area contributed by atoms with Gasteiger partial charge in [-0.2, -0.15) is 5.26 Å². The maximum Gasteiger partial charge on any atom is 0.240 e. The topological polar surface area (TPSA) is 124 Å². The van der Waals surface area contributed by atoms with Crippen molar-refractivity contribution < 1.29 is 24.5 Å². The highest BCUT2D eigenvalue weighted by atomic mass is 16.6. The van der Waals surface area contributed by atoms with Gasteiger partial charge in [0.25, 0.3) is 0 Å². The van der Waals surface area contributed by atoms with E-state index >= 15 is 0 Å². The zero-order valence-corrected chi connectivity index (χ0v) is 15.7. The summed E-state index contributed by atoms with van der Waals surface area (Å²) in [4.78, 5) is 32.3. The van der Waals surface area contributed by atoms with Gasteiger partial charge in [0.05, 0.1) is 40.3 Å². The molecule has 1 aromatic heterocycles. The van der Waals surface area contributed by atoms with Gasteiger partial charge in [0.2, 0.25) is 11.8 Å². The number of nitriles is 1. The summed E-state index contributed by atoms with van der Waals surface area (Å²) in [5, 5.41) is 30.0. The van der Waals surface area contributed by atoms with Crippen LogP contribution in [0.2, 0.25) is 0 Å². The molecule has 3 aliphatic rings. The van der Waals surface area contributed by atoms with Crippen molar-refractivity contribution in [1.82, 2.24) is 4.98 Å². The number of pyridine rings is 1. The van der Waals surface area contributed by atoms with Crippen LogP contribution in [0.1, 0.15) is 25.3 Å². The second kappa shape index (κ2) is 5.83. The molecule has 3 fully saturated rings. The van der Waals surface area contributed by atoms with Crippen LogP contribution in [0.3, 0.4) is 0 Å². The lowest BCUT2D eigenvalue weighted by Gasteiger charge is -2.33. The van der Waals surface area contributed by atoms with Gasteiger partial charge in [0.15, 0.2) is 0 Å². The van der Waals surface area contributed by atoms with Crippen LogP contribution in [0.4, 0.5) is 5.69 Å². The molecule has 3 saturated heterocycles. The fourth-order valence-corrected chi connectivity index (χ4v) is 5.49. The molecule has 1 aromatic carbocycles. The summed E-state index contributed by atoms with van der Waals surface area (Å²) in [6, 6.07) is 8.61. The second-order valence-corrected chi connectivity index (χ2v) is 8.16. The second-order valence-electron chi connectivity index (χ2n) is 8.16. The Bertz CT molecular complexity index is 1110. The van der Waals surface area contributed by atoms with E-state index in [-0.39, 0.29) is 19.4 Å². The van der Waals surface area contributed by atoms with E-state index < -0.39 is 41.0 Å². The minimum atomic E-state index is -1.18. The Kier molecular flexibility index (Phi) is 3.65. The molecule has 29 heavy (non-hydrogen) atoms. The van der Waals surface area contributed by atoms with Crippen LogP contribution < -0.4 is 4.90 Å². The van der Waals surface area contributed by atoms with Crippen LogP contribution in [-0.2, 0) is 14.3 Å². The number of rotatable bonds is 3. The SMILES string of the molecule is C[C@]12O[C@](CCO)(C[C@@H]1O)[C@H]1C(=O)N(c3ccc(C#N)c4ncccc34)C(=O)[C@H]12. The number of nitrogens with zero attached hydrogens (tertiary/aromatic N) is 3. The zero-order chi connectivity index (χ0) is 20.6. The number of hydrogen-bond donors (Lipinski definition) is 2. The maximum absolute atomic E-state index is 13.5. The predicted molar refractivity (Wildman–Crippen MR) is 100 cm³/mol. The van der Waals surface area contributed by atoms with Gasteiger partial charge in [0.1, 0.15) is 11.7 Å². The van der Waals surface area contributed by atoms with Crippen molar-refractivity contribution in [3.05, 3.63) is 36.0 Å². The molecule has 0 radical (unpaired) electrons. The molecule has 0 spiro atoms. The highest BCUT2D eigenvalue weighted by Gasteiger charge is 2.76. The monoisotopic (exact) mass is 393 g/mol. The molecule has 148 valence electrons. The molecular formula is C21H19N3O5. The van der Waals surface area contributed by atoms with E-state index in [1.165, 1.54) is 0 Å². The van der Waals surface area contributed by atoms with Crippen molar-refractivity contribution >= 4 is 28.4 Å². The lowest BCUT2D eigenvalue weighted by molar-refractivity contribution is -0.134. The lowest BCUT2D eigenvalue weighted by Crippen LogP contribution is -2.49. The van der Waals surface area contributed by atoms with E-state index in [0.29, 0.717) is 22.2 Å². The van der Waals surface area contributed by atoms with Crippen molar-refractivity contribution in [1.29, 1.82) is 5.26 Å². The zero-order valence-electron chi connectivity index (χ0n) is 15.7. The summed E-state index contributed by atoms with van der Waals surface area (Å²) in [5.74, 6) is -2.43. The molecule has 5 atom stereocenters. The number of aliphatic hydroxyl groups is 2. The number of aromatic nitrogens is 1. The Labute approximate surface area is 166 Å². The van der Waals surface area contributed by atoms with Gasteiger partial charge in [0, 0.05) is 31.0 Å². The highest BCUT2D eigenvalue weighted by molar-refractivity contribution is 6.26. The first-order valence-electron chi connectivity index (χ1n) is 9.53. The first-order chi connectivity index (χ1) is 13.9. The van der Waals surface area contributed by atoms with Crippen molar-refractivity contribution in [3.8, 4) is 6.07 Å². The van der Waals surface area contributed by atoms with Crippen LogP contribution in [0.5, 0.6) is 0 Å². The van der Waals surface area contributed by atoms with Crippen LogP contribution in [0.15, 0.2) is 30.5 Å². The molecule has 0 saturated carbocycles. The molecule has 2 aromatic rings. The molecule has 0 unspecified atom stereocenters. The Morgan fingerprint density at radius 2 is 2.07 bits per heavy atom. The summed E-state index contributed by atoms with van der Waals surface area (Å²) in [7, 11) is 0. The summed E-state index contributed by atoms with van der Waals surface area (Å²) in [6.07, 6.45) is 1.03. The summed E-state index contributed by atoms with van der Waals surface area (Å²) in [6.45, 7) is 1.45. The maximum atomic E-state index is 13.5. The number of amides is 2. The lowest BCUT2D eigenvalue weighted by atomic mass is 9.66. The fourth-order valence-electron chi connectivity index (χ4n) is 5.49. The first-order valence-corrected chi connectivity index (χ1v) is 9.53. The standard InChI is InChI=1S/C21H19N3O5/c1-20-14(26)9-21(29-20,6-8-25)16-15(20)18(27)24(19(16)28)13-5-4-11(10-22)17-12(13)3-2-7-23-17/h2-5,7,14-16,25-26H,6,8-9H2,1H3/t14-,15-,16+,20-,21+/m0/s1. The average Bonchev–Trinajstić information content (AvgIpc) is 3.23. The van der Waals surface area contributed by atoms with E-state index in [1.807, 2.05) is 0 Å². The van der Waals surface area contributed by atoms with Crippen molar-refractivity contribution in [3.63, 3.8) is 0 Å². The molecular weight excluding hydrogens is 374 g/mol. The van der Waals surface area contributed by atoms with Gasteiger partial charge in [-0.05, 0) is 31.2 Å². The Morgan fingerprint density at radius 3 is 2.79 bits per heavy atom. The first kappa shape index (κ1) is 18.2. The van der Waals surface area contributed by atoms with Gasteiger partial charge >= 0.3 is 0 Å². The Hall–Kier alpha value is -2.86. The number of aliphatic hydroxyl groups excluding tert-OH is 2. The molecule has 8 heteroatoms. The molecule has 2 bridgehead atoms. The molecule has 2 amide bonds. The number of anilines is 1. The number of carbonyl (C=O) groups excluding carboxylic acids is 2. The van der Waals surface area contributed by atoms with Gasteiger partial charge in [-0.1, -0.05) is 0 Å². The fraction of sp³-hybridized carbons (Fsp3) is 0.429. The third-order valence-corrected chi connectivity index (χ3v) is 6.76. The average molecular weight is 393 g/mol. The minimum absolute atomic E-state index is 0.170. The van der Waals surface area contributed by atoms with E-state index in [2.05, 4.69) is 11.1 Å². The molecule has 4 heterocycles. The summed E-state index contributed by atoms with van der Waals surface area (Å²) < 4.78 is 6.08. The highest BCUT2D eigenvalue weighted by Crippen LogP contribution is 2.62. The van der Waals surface area contributed by atoms with Crippen LogP contribution in [-0.4, -0.2) is 50.9 Å². The van der Waals surface area contributed by atoms with E-state index in [9.17, 15) is 25.1 Å². The Balaban J connectivity index is 1.68. The third-order valence-electron chi connectivity index (χ3n) is 6.76. The predicted octanol–water partition coefficient (Wildman–Crippen LogP) is 0.887. The number of ether oxygens (including phenoxy) is 1. The largest absolute Gasteiger partial charge is 0.396 e. The van der Waals surface area contributed by atoms with Gasteiger partial charge < -0.3 is 14.9 Å². The van der Waals surface area contributed by atoms with E-state index in [1.54, 1.807) is 37.4 Å². The number of imide groups is 1. The van der Waals surface area contributed by atoms with Crippen LogP contribution in [0, 0.1) is 23.2 Å². The summed E-state index contributed by atoms with van der Waals surface area (Å²) in [5.41, 5.74) is -1.10. The van der Waals surface area contributed by atoms with Crippen molar-refractivity contribution in [2.45, 2.75) is 37.1 Å². The van der Waals surface area contributed by atoms with E-state index in [0.717, 1.165) is 4.90 Å². The quantitative estimate of drug-likeness (QED) is 0.742. The number of carbonyl (C=O) groups is 2. The molecule has 8 nitrogen and oxygen atoms in total. The number of fused-ring (bicyclic) bond motifs is 6. The molecule has 5 rings (SSSR count). The molecule has 3 aliphatic heterocycles. The smallest absolute Gasteiger partial charge is 0.240 e. The van der Waals surface area contributed by atoms with Gasteiger partial charge in [-0.25, -0.2) is 4.90 Å². The van der Waals surface area contributed by atoms with Gasteiger partial charge in [-0.15, -0.1) is 0 Å². The van der Waals surface area contributed by atoms with Crippen molar-refractivity contribution in [2.24, 2.45) is 11.8 Å². The number of hydrogen-bond acceptors (Lipinski definition) is 7. The van der Waals surface area contributed by atoms with Crippen LogP contribution in [0.25, 0.3) is 10.9 Å². The van der Waals surface area contributed by atoms with Crippen molar-refractivity contribution in [2.75, 3.05) is 11.5 Å². The number of benzene rings is 1. The normalized spacial score (nSPS) is 35.4. The van der Waals surface area contributed by atoms with Crippen LogP contribution >= 0.6 is 0 Å².